The van der Waals surface area contributed by atoms with Crippen LogP contribution in [0.2, 0.25) is 0 Å². The number of nitrogens with zero attached hydrogens (tertiary/aromatic N) is 8. The first-order valence-electron chi connectivity index (χ1n) is 13.8. The molecule has 0 spiro atoms. The van der Waals surface area contributed by atoms with Crippen LogP contribution in [-0.4, -0.2) is 73.5 Å². The lowest BCUT2D eigenvalue weighted by molar-refractivity contribution is -0.162. The number of aryl methyl sites for hydroxylation is 1. The Morgan fingerprint density at radius 2 is 1.82 bits per heavy atom. The van der Waals surface area contributed by atoms with Crippen molar-refractivity contribution in [3.63, 3.8) is 0 Å². The number of halogens is 3. The molecule has 4 aromatic heterocycles. The molecule has 0 radical (unpaired) electrons. The van der Waals surface area contributed by atoms with Crippen molar-refractivity contribution in [3.8, 4) is 11.4 Å². The van der Waals surface area contributed by atoms with Gasteiger partial charge in [0.25, 0.3) is 5.56 Å². The maximum absolute atomic E-state index is 14.1. The number of rotatable bonds is 11. The van der Waals surface area contributed by atoms with Gasteiger partial charge in [0.05, 0.1) is 41.5 Å². The zero-order valence-electron chi connectivity index (χ0n) is 24.4. The maximum atomic E-state index is 14.1. The van der Waals surface area contributed by atoms with E-state index < -0.39 is 33.4 Å². The van der Waals surface area contributed by atoms with Crippen LogP contribution in [0.4, 0.5) is 19.0 Å². The van der Waals surface area contributed by atoms with E-state index in [4.69, 9.17) is 4.74 Å². The van der Waals surface area contributed by atoms with Crippen molar-refractivity contribution in [2.24, 2.45) is 0 Å². The van der Waals surface area contributed by atoms with Crippen LogP contribution >= 0.6 is 0 Å². The number of anilines is 1. The Kier molecular flexibility index (Phi) is 8.62. The number of hydrogen-bond acceptors (Lipinski definition) is 12. The highest BCUT2D eigenvalue weighted by molar-refractivity contribution is 7.91. The van der Waals surface area contributed by atoms with Crippen LogP contribution in [0.25, 0.3) is 22.6 Å². The molecular weight excluding hydrogens is 603 g/mol. The standard InChI is InChI=1S/C27H30F3N9O4S/c1-5-44(41,42)17-10-31-19(32-11-17)12-33-24-26(40)39(15(3)27(28,29)30)25-21(37-24)14(2)36-23(38-25)20-18(8-9-43-4)34-13-35-22(20)16-6-7-16/h10-11,13,15-16H,5-9,12H2,1-4H3,(H,33,37). The van der Waals surface area contributed by atoms with Crippen LogP contribution in [-0.2, 0) is 27.5 Å². The minimum atomic E-state index is -4.79. The Hall–Kier alpha value is -4.12. The van der Waals surface area contributed by atoms with E-state index >= 15 is 0 Å². The number of methoxy groups -OCH3 is 1. The van der Waals surface area contributed by atoms with E-state index in [0.717, 1.165) is 32.2 Å². The smallest absolute Gasteiger partial charge is 0.384 e. The summed E-state index contributed by atoms with van der Waals surface area (Å²) in [6.07, 6.45) is 1.10. The Morgan fingerprint density at radius 1 is 1.11 bits per heavy atom. The predicted octanol–water partition coefficient (Wildman–Crippen LogP) is 3.34. The van der Waals surface area contributed by atoms with Gasteiger partial charge in [-0.25, -0.2) is 43.3 Å². The van der Waals surface area contributed by atoms with E-state index in [9.17, 15) is 26.4 Å². The van der Waals surface area contributed by atoms with Crippen molar-refractivity contribution >= 4 is 26.8 Å². The first kappa shape index (κ1) is 31.3. The first-order chi connectivity index (χ1) is 20.9. The Labute approximate surface area is 250 Å². The normalized spacial score (nSPS) is 14.6. The second-order valence-corrected chi connectivity index (χ2v) is 12.6. The van der Waals surface area contributed by atoms with E-state index in [0.29, 0.717) is 34.5 Å². The fourth-order valence-electron chi connectivity index (χ4n) is 4.61. The molecule has 4 aromatic rings. The lowest BCUT2D eigenvalue weighted by Crippen LogP contribution is -2.35. The lowest BCUT2D eigenvalue weighted by Gasteiger charge is -2.22. The monoisotopic (exact) mass is 633 g/mol. The summed E-state index contributed by atoms with van der Waals surface area (Å²) in [5, 5.41) is 2.70. The van der Waals surface area contributed by atoms with Gasteiger partial charge in [0.15, 0.2) is 27.1 Å². The highest BCUT2D eigenvalue weighted by Gasteiger charge is 2.40. The van der Waals surface area contributed by atoms with E-state index in [1.165, 1.54) is 13.3 Å². The summed E-state index contributed by atoms with van der Waals surface area (Å²) in [6.45, 7) is 4.05. The summed E-state index contributed by atoms with van der Waals surface area (Å²) in [5.74, 6) is -0.190. The van der Waals surface area contributed by atoms with Crippen LogP contribution in [0.1, 0.15) is 61.6 Å². The van der Waals surface area contributed by atoms with Crippen molar-refractivity contribution in [3.05, 3.63) is 52.0 Å². The summed E-state index contributed by atoms with van der Waals surface area (Å²) < 4.78 is 72.3. The molecule has 1 atom stereocenters. The quantitative estimate of drug-likeness (QED) is 0.256. The van der Waals surface area contributed by atoms with Gasteiger partial charge in [-0.15, -0.1) is 0 Å². The van der Waals surface area contributed by atoms with E-state index in [1.54, 1.807) is 14.0 Å². The molecule has 1 saturated carbocycles. The zero-order chi connectivity index (χ0) is 31.8. The van der Waals surface area contributed by atoms with E-state index in [1.807, 2.05) is 0 Å². The maximum Gasteiger partial charge on any atom is 0.409 e. The number of ether oxygens (including phenoxy) is 1. The largest absolute Gasteiger partial charge is 0.409 e. The molecule has 0 aromatic carbocycles. The molecular formula is C27H30F3N9O4S. The molecule has 0 aliphatic heterocycles. The molecule has 1 N–H and O–H groups in total. The van der Waals surface area contributed by atoms with Crippen LogP contribution in [0.5, 0.6) is 0 Å². The fraction of sp³-hybridized carbons (Fsp3) is 0.481. The van der Waals surface area contributed by atoms with Gasteiger partial charge in [-0.05, 0) is 26.7 Å². The third-order valence-corrected chi connectivity index (χ3v) is 8.98. The van der Waals surface area contributed by atoms with Gasteiger partial charge in [-0.1, -0.05) is 6.92 Å². The van der Waals surface area contributed by atoms with Crippen molar-refractivity contribution in [1.29, 1.82) is 0 Å². The lowest BCUT2D eigenvalue weighted by atomic mass is 10.0. The SMILES string of the molecule is CCS(=O)(=O)c1cnc(CNc2nc3c(C)nc(-c4c(CCOC)ncnc4C4CC4)nc3n(C(C)C(F)(F)F)c2=O)nc1. The highest BCUT2D eigenvalue weighted by atomic mass is 32.2. The minimum absolute atomic E-state index is 0.0134. The molecule has 4 heterocycles. The second kappa shape index (κ2) is 12.1. The molecule has 1 aliphatic carbocycles. The predicted molar refractivity (Wildman–Crippen MR) is 153 cm³/mol. The molecule has 17 heteroatoms. The summed E-state index contributed by atoms with van der Waals surface area (Å²) in [6, 6.07) is -2.26. The van der Waals surface area contributed by atoms with Gasteiger partial charge in [0, 0.05) is 31.8 Å². The number of alkyl halides is 3. The third-order valence-electron chi connectivity index (χ3n) is 7.29. The average Bonchev–Trinajstić information content (AvgIpc) is 3.84. The van der Waals surface area contributed by atoms with Crippen molar-refractivity contribution in [2.75, 3.05) is 24.8 Å². The van der Waals surface area contributed by atoms with Gasteiger partial charge in [0.2, 0.25) is 0 Å². The van der Waals surface area contributed by atoms with Crippen LogP contribution < -0.4 is 10.9 Å². The Morgan fingerprint density at radius 3 is 2.43 bits per heavy atom. The minimum Gasteiger partial charge on any atom is -0.384 e. The third kappa shape index (κ3) is 6.24. The number of nitrogens with one attached hydrogen (secondary N) is 1. The van der Waals surface area contributed by atoms with Crippen molar-refractivity contribution < 1.29 is 26.3 Å². The van der Waals surface area contributed by atoms with Gasteiger partial charge in [-0.2, -0.15) is 13.2 Å². The summed E-state index contributed by atoms with van der Waals surface area (Å²) in [4.78, 5) is 43.8. The van der Waals surface area contributed by atoms with Crippen LogP contribution in [0, 0.1) is 6.92 Å². The van der Waals surface area contributed by atoms with Gasteiger partial charge in [0.1, 0.15) is 28.6 Å². The number of aromatic nitrogens is 8. The second-order valence-electron chi connectivity index (χ2n) is 10.3. The van der Waals surface area contributed by atoms with Crippen molar-refractivity contribution in [1.82, 2.24) is 39.5 Å². The molecule has 1 aliphatic rings. The number of fused-ring (bicyclic) bond motifs is 1. The van der Waals surface area contributed by atoms with E-state index in [2.05, 4.69) is 40.2 Å². The van der Waals surface area contributed by atoms with Gasteiger partial charge >= 0.3 is 6.18 Å². The van der Waals surface area contributed by atoms with E-state index in [-0.39, 0.29) is 51.6 Å². The van der Waals surface area contributed by atoms with Gasteiger partial charge in [-0.3, -0.25) is 9.36 Å². The summed E-state index contributed by atoms with van der Waals surface area (Å²) in [5.41, 5.74) is 0.675. The molecule has 0 saturated heterocycles. The average molecular weight is 634 g/mol. The van der Waals surface area contributed by atoms with Crippen molar-refractivity contribution in [2.45, 2.75) is 69.6 Å². The molecule has 5 rings (SSSR count). The molecule has 234 valence electrons. The molecule has 1 fully saturated rings. The van der Waals surface area contributed by atoms with Crippen LogP contribution in [0.15, 0.2) is 28.4 Å². The topological polar surface area (TPSA) is 168 Å². The Balaban J connectivity index is 1.63. The number of sulfone groups is 1. The Bertz CT molecular complexity index is 1860. The molecule has 0 bridgehead atoms. The first-order valence-corrected chi connectivity index (χ1v) is 15.5. The van der Waals surface area contributed by atoms with Crippen LogP contribution in [0.3, 0.4) is 0 Å². The molecule has 44 heavy (non-hydrogen) atoms. The fourth-order valence-corrected chi connectivity index (χ4v) is 5.37. The van der Waals surface area contributed by atoms with Gasteiger partial charge < -0.3 is 10.1 Å². The summed E-state index contributed by atoms with van der Waals surface area (Å²) >= 11 is 0. The zero-order valence-corrected chi connectivity index (χ0v) is 25.2. The molecule has 1 unspecified atom stereocenters. The number of hydrogen-bond donors (Lipinski definition) is 1. The molecule has 13 nitrogen and oxygen atoms in total. The molecule has 0 amide bonds. The summed E-state index contributed by atoms with van der Waals surface area (Å²) in [7, 11) is -1.98. The highest BCUT2D eigenvalue weighted by Crippen LogP contribution is 2.43.